The van der Waals surface area contributed by atoms with E-state index in [0.29, 0.717) is 5.41 Å². The van der Waals surface area contributed by atoms with Crippen molar-refractivity contribution in [3.05, 3.63) is 10.6 Å². The van der Waals surface area contributed by atoms with E-state index >= 15 is 0 Å². The van der Waals surface area contributed by atoms with Crippen molar-refractivity contribution in [3.63, 3.8) is 0 Å². The van der Waals surface area contributed by atoms with E-state index in [1.807, 2.05) is 7.05 Å². The van der Waals surface area contributed by atoms with Gasteiger partial charge in [-0.2, -0.15) is 4.37 Å². The lowest BCUT2D eigenvalue weighted by atomic mass is 9.92. The molecule has 2 rings (SSSR count). The maximum atomic E-state index is 4.37. The van der Waals surface area contributed by atoms with E-state index in [1.165, 1.54) is 17.4 Å². The van der Waals surface area contributed by atoms with Crippen LogP contribution in [0.4, 0.5) is 0 Å². The average Bonchev–Trinajstić information content (AvgIpc) is 2.42. The smallest absolute Gasteiger partial charge is 0.203 e. The molecule has 3 nitrogen and oxygen atoms in total. The van der Waals surface area contributed by atoms with Crippen molar-refractivity contribution in [1.29, 1.82) is 0 Å². The third kappa shape index (κ3) is 1.10. The Morgan fingerprint density at radius 3 is 3.00 bits per heavy atom. The van der Waals surface area contributed by atoms with Gasteiger partial charge in [0.1, 0.15) is 5.82 Å². The third-order valence-corrected chi connectivity index (χ3v) is 3.06. The molecule has 0 unspecified atom stereocenters. The van der Waals surface area contributed by atoms with Crippen LogP contribution in [0.2, 0.25) is 0 Å². The minimum absolute atomic E-state index is 0.371. The Balaban J connectivity index is 2.51. The zero-order valence-corrected chi connectivity index (χ0v) is 8.48. The Morgan fingerprint density at radius 1 is 1.58 bits per heavy atom. The number of hydrogen-bond donors (Lipinski definition) is 0. The molecule has 0 N–H and O–H groups in total. The predicted octanol–water partition coefficient (Wildman–Crippen LogP) is 1.06. The van der Waals surface area contributed by atoms with Crippen LogP contribution in [-0.2, 0) is 13.0 Å². The van der Waals surface area contributed by atoms with Gasteiger partial charge in [0.05, 0.1) is 0 Å². The molecule has 1 aromatic heterocycles. The van der Waals surface area contributed by atoms with E-state index in [-0.39, 0.29) is 0 Å². The van der Waals surface area contributed by atoms with E-state index in [9.17, 15) is 0 Å². The average molecular weight is 183 g/mol. The molecule has 1 aromatic rings. The fourth-order valence-corrected chi connectivity index (χ4v) is 2.36. The largest absolute Gasteiger partial charge is 0.304 e. The molecule has 0 fully saturated rings. The molecule has 66 valence electrons. The zero-order valence-electron chi connectivity index (χ0n) is 7.66. The summed E-state index contributed by atoms with van der Waals surface area (Å²) in [6.45, 7) is 5.60. The van der Waals surface area contributed by atoms with Crippen LogP contribution in [0.25, 0.3) is 0 Å². The van der Waals surface area contributed by atoms with Crippen LogP contribution in [-0.4, -0.2) is 16.0 Å². The lowest BCUT2D eigenvalue weighted by molar-refractivity contribution is 0.356. The van der Waals surface area contributed by atoms with Crippen LogP contribution in [0.1, 0.15) is 19.7 Å². The molecule has 0 aromatic carbocycles. The number of nitrogens with zero attached hydrogens (tertiary/aromatic N) is 3. The number of rotatable bonds is 0. The van der Waals surface area contributed by atoms with Gasteiger partial charge in [0.25, 0.3) is 0 Å². The van der Waals surface area contributed by atoms with Gasteiger partial charge >= 0.3 is 0 Å². The van der Waals surface area contributed by atoms with Crippen molar-refractivity contribution in [1.82, 2.24) is 8.94 Å². The summed E-state index contributed by atoms with van der Waals surface area (Å²) >= 11 is 1.50. The van der Waals surface area contributed by atoms with Crippen LogP contribution >= 0.6 is 11.5 Å². The predicted molar refractivity (Wildman–Crippen MR) is 49.1 cm³/mol. The molecule has 1 aliphatic heterocycles. The fraction of sp³-hybridized carbons (Fsp3) is 0.750. The minimum Gasteiger partial charge on any atom is -0.304 e. The Labute approximate surface area is 75.9 Å². The molecule has 0 aliphatic carbocycles. The van der Waals surface area contributed by atoms with Crippen molar-refractivity contribution < 1.29 is 0 Å². The van der Waals surface area contributed by atoms with Gasteiger partial charge in [0, 0.05) is 31.5 Å². The number of hydrogen-bond acceptors (Lipinski definition) is 3. The maximum Gasteiger partial charge on any atom is 0.203 e. The van der Waals surface area contributed by atoms with Crippen molar-refractivity contribution in [2.45, 2.75) is 26.8 Å². The normalized spacial score (nSPS) is 21.4. The van der Waals surface area contributed by atoms with Crippen LogP contribution in [0.3, 0.4) is 0 Å². The first kappa shape index (κ1) is 7.98. The summed E-state index contributed by atoms with van der Waals surface area (Å²) in [4.78, 5) is 5.24. The van der Waals surface area contributed by atoms with Crippen molar-refractivity contribution in [2.75, 3.05) is 7.05 Å². The van der Waals surface area contributed by atoms with E-state index in [1.54, 1.807) is 0 Å². The molecule has 0 bridgehead atoms. The zero-order chi connectivity index (χ0) is 8.77. The van der Waals surface area contributed by atoms with Crippen LogP contribution in [0.5, 0.6) is 0 Å². The van der Waals surface area contributed by atoms with Crippen molar-refractivity contribution in [3.8, 4) is 0 Å². The molecule has 0 amide bonds. The lowest BCUT2D eigenvalue weighted by Crippen LogP contribution is -2.18. The van der Waals surface area contributed by atoms with E-state index in [2.05, 4.69) is 27.8 Å². The van der Waals surface area contributed by atoms with Gasteiger partial charge in [-0.05, 0) is 5.41 Å². The summed E-state index contributed by atoms with van der Waals surface area (Å²) in [6, 6.07) is 0. The fourth-order valence-electron chi connectivity index (χ4n) is 1.66. The molecular formula is C8H13N3S. The Kier molecular flexibility index (Phi) is 1.61. The Morgan fingerprint density at radius 2 is 2.33 bits per heavy atom. The molecular weight excluding hydrogens is 170 g/mol. The highest BCUT2D eigenvalue weighted by atomic mass is 32.1. The highest BCUT2D eigenvalue weighted by molar-refractivity contribution is 7.02. The van der Waals surface area contributed by atoms with Gasteiger partial charge < -0.3 is 4.57 Å². The number of fused-ring (bicyclic) bond motifs is 1. The molecule has 0 spiro atoms. The van der Waals surface area contributed by atoms with Crippen LogP contribution < -0.4 is 4.80 Å². The molecule has 0 radical (unpaired) electrons. The summed E-state index contributed by atoms with van der Waals surface area (Å²) in [6.07, 6.45) is 1.08. The maximum absolute atomic E-state index is 4.37. The van der Waals surface area contributed by atoms with Gasteiger partial charge in [0.2, 0.25) is 4.80 Å². The van der Waals surface area contributed by atoms with Gasteiger partial charge in [-0.25, -0.2) is 0 Å². The molecule has 4 heteroatoms. The molecule has 0 saturated carbocycles. The minimum atomic E-state index is 0.371. The van der Waals surface area contributed by atoms with Crippen LogP contribution in [0, 0.1) is 5.41 Å². The lowest BCUT2D eigenvalue weighted by Gasteiger charge is -2.13. The molecule has 2 heterocycles. The first-order valence-electron chi connectivity index (χ1n) is 4.11. The highest BCUT2D eigenvalue weighted by Gasteiger charge is 2.30. The summed E-state index contributed by atoms with van der Waals surface area (Å²) in [7, 11) is 1.83. The second-order valence-electron chi connectivity index (χ2n) is 4.03. The molecule has 12 heavy (non-hydrogen) atoms. The van der Waals surface area contributed by atoms with Crippen molar-refractivity contribution >= 4 is 11.5 Å². The first-order chi connectivity index (χ1) is 5.62. The standard InChI is InChI=1S/C8H13N3S/c1-8(2)4-6-10-12-7(9-3)11(6)5-8/h4-5H2,1-3H3. The Hall–Kier alpha value is -0.640. The van der Waals surface area contributed by atoms with Crippen LogP contribution in [0.15, 0.2) is 4.99 Å². The summed E-state index contributed by atoms with van der Waals surface area (Å²) in [5.41, 5.74) is 0.371. The summed E-state index contributed by atoms with van der Waals surface area (Å²) in [5.74, 6) is 1.20. The molecule has 1 aliphatic rings. The van der Waals surface area contributed by atoms with Gasteiger partial charge in [-0.1, -0.05) is 13.8 Å². The summed E-state index contributed by atoms with van der Waals surface area (Å²) < 4.78 is 6.60. The van der Waals surface area contributed by atoms with E-state index in [0.717, 1.165) is 17.8 Å². The van der Waals surface area contributed by atoms with Gasteiger partial charge in [-0.15, -0.1) is 0 Å². The molecule has 0 atom stereocenters. The quantitative estimate of drug-likeness (QED) is 0.591. The van der Waals surface area contributed by atoms with Gasteiger partial charge in [0.15, 0.2) is 0 Å². The highest BCUT2D eigenvalue weighted by Crippen LogP contribution is 2.29. The summed E-state index contributed by atoms with van der Waals surface area (Å²) in [5, 5.41) is 0. The third-order valence-electron chi connectivity index (χ3n) is 2.19. The van der Waals surface area contributed by atoms with Gasteiger partial charge in [-0.3, -0.25) is 4.99 Å². The first-order valence-corrected chi connectivity index (χ1v) is 4.88. The Bertz CT molecular complexity index is 359. The topological polar surface area (TPSA) is 30.2 Å². The SMILES string of the molecule is CN=c1snc2n1CC(C)(C)C2. The van der Waals surface area contributed by atoms with E-state index in [4.69, 9.17) is 0 Å². The van der Waals surface area contributed by atoms with Crippen molar-refractivity contribution in [2.24, 2.45) is 10.4 Å². The molecule has 0 saturated heterocycles. The monoisotopic (exact) mass is 183 g/mol. The number of aromatic nitrogens is 2. The van der Waals surface area contributed by atoms with E-state index < -0.39 is 0 Å². The second kappa shape index (κ2) is 2.42. The second-order valence-corrected chi connectivity index (χ2v) is 4.76.